The van der Waals surface area contributed by atoms with E-state index in [0.717, 1.165) is 0 Å². The average Bonchev–Trinajstić information content (AvgIpc) is 3.45. The zero-order valence-electron chi connectivity index (χ0n) is 22.9. The van der Waals surface area contributed by atoms with E-state index in [1.807, 2.05) is 6.07 Å². The van der Waals surface area contributed by atoms with Crippen molar-refractivity contribution >= 4 is 17.5 Å². The molecule has 11 heteroatoms. The molecule has 0 radical (unpaired) electrons. The number of halogens is 2. The SMILES string of the molecule is Cn1cc(C(C)(O)c2cc(F)c3c(c2)C(=O)N(Cc2ccc(C#N)cn2)[C@@]3(OCC2(O)CC2)c2ccc(Cl)cc2)cn1. The smallest absolute Gasteiger partial charge is 0.257 e. The number of pyridine rings is 1. The predicted molar refractivity (Wildman–Crippen MR) is 149 cm³/mol. The van der Waals surface area contributed by atoms with Gasteiger partial charge in [0.05, 0.1) is 47.3 Å². The maximum Gasteiger partial charge on any atom is 0.257 e. The Morgan fingerprint density at radius 1 is 1.17 bits per heavy atom. The molecular formula is C31H27ClFN5O4. The highest BCUT2D eigenvalue weighted by atomic mass is 35.5. The average molecular weight is 588 g/mol. The van der Waals surface area contributed by atoms with Crippen LogP contribution in [0.3, 0.4) is 0 Å². The number of ether oxygens (including phenoxy) is 1. The van der Waals surface area contributed by atoms with E-state index in [1.165, 1.54) is 41.0 Å². The van der Waals surface area contributed by atoms with Crippen molar-refractivity contribution < 1.29 is 24.1 Å². The molecule has 9 nitrogen and oxygen atoms in total. The van der Waals surface area contributed by atoms with E-state index in [2.05, 4.69) is 10.1 Å². The van der Waals surface area contributed by atoms with Gasteiger partial charge < -0.3 is 14.9 Å². The van der Waals surface area contributed by atoms with Gasteiger partial charge in [-0.15, -0.1) is 0 Å². The first-order valence-corrected chi connectivity index (χ1v) is 13.7. The second-order valence-corrected chi connectivity index (χ2v) is 11.5. The summed E-state index contributed by atoms with van der Waals surface area (Å²) in [6.45, 7) is 1.25. The number of carbonyl (C=O) groups is 1. The van der Waals surface area contributed by atoms with E-state index in [4.69, 9.17) is 16.3 Å². The van der Waals surface area contributed by atoms with E-state index >= 15 is 4.39 Å². The number of nitriles is 1. The van der Waals surface area contributed by atoms with Gasteiger partial charge in [0, 0.05) is 35.6 Å². The minimum absolute atomic E-state index is 0.000507. The van der Waals surface area contributed by atoms with E-state index in [0.29, 0.717) is 40.2 Å². The molecule has 1 amide bonds. The fourth-order valence-corrected chi connectivity index (χ4v) is 5.46. The highest BCUT2D eigenvalue weighted by Gasteiger charge is 2.56. The standard InChI is InChI=1S/C31H27ClFN5O4/c1-29(40,22-15-36-37(2)16-22)21-11-25-27(26(33)12-21)31(42-18-30(41)9-10-30,20-4-6-23(32)7-5-20)38(28(25)39)17-24-8-3-19(13-34)14-35-24/h3-8,11-12,14-16,40-41H,9-10,17-18H2,1-2H3/t29?,31-/m1/s1. The normalized spacial score (nSPS) is 20.2. The number of aryl methyl sites for hydroxylation is 1. The van der Waals surface area contributed by atoms with E-state index in [9.17, 15) is 20.3 Å². The molecule has 42 heavy (non-hydrogen) atoms. The third kappa shape index (κ3) is 4.64. The van der Waals surface area contributed by atoms with Gasteiger partial charge in [-0.25, -0.2) is 4.39 Å². The third-order valence-corrected chi connectivity index (χ3v) is 8.25. The van der Waals surface area contributed by atoms with Crippen LogP contribution in [-0.2, 0) is 29.7 Å². The second-order valence-electron chi connectivity index (χ2n) is 11.1. The summed E-state index contributed by atoms with van der Waals surface area (Å²) in [6, 6.07) is 14.4. The Bertz CT molecular complexity index is 1730. The van der Waals surface area contributed by atoms with Gasteiger partial charge in [-0.2, -0.15) is 10.4 Å². The van der Waals surface area contributed by atoms with Crippen molar-refractivity contribution in [2.24, 2.45) is 7.05 Å². The maximum atomic E-state index is 16.6. The van der Waals surface area contributed by atoms with Crippen molar-refractivity contribution in [1.82, 2.24) is 19.7 Å². The van der Waals surface area contributed by atoms with Crippen molar-refractivity contribution in [1.29, 1.82) is 5.26 Å². The summed E-state index contributed by atoms with van der Waals surface area (Å²) >= 11 is 6.20. The van der Waals surface area contributed by atoms with Crippen molar-refractivity contribution in [2.75, 3.05) is 6.61 Å². The Morgan fingerprint density at radius 2 is 1.90 bits per heavy atom. The molecule has 1 saturated carbocycles. The molecule has 1 unspecified atom stereocenters. The molecule has 0 saturated heterocycles. The predicted octanol–water partition coefficient (Wildman–Crippen LogP) is 4.13. The molecule has 2 aliphatic rings. The van der Waals surface area contributed by atoms with Crippen LogP contribution in [0.25, 0.3) is 0 Å². The summed E-state index contributed by atoms with van der Waals surface area (Å²) in [5.74, 6) is -1.33. The molecule has 6 rings (SSSR count). The third-order valence-electron chi connectivity index (χ3n) is 8.00. The minimum Gasteiger partial charge on any atom is -0.387 e. The van der Waals surface area contributed by atoms with Crippen LogP contribution in [0.2, 0.25) is 5.02 Å². The van der Waals surface area contributed by atoms with Gasteiger partial charge in [0.2, 0.25) is 0 Å². The zero-order chi connectivity index (χ0) is 29.9. The van der Waals surface area contributed by atoms with Gasteiger partial charge in [0.25, 0.3) is 5.91 Å². The number of hydrogen-bond donors (Lipinski definition) is 2. The molecular weight excluding hydrogens is 561 g/mol. The first kappa shape index (κ1) is 28.0. The maximum absolute atomic E-state index is 16.6. The zero-order valence-corrected chi connectivity index (χ0v) is 23.6. The molecule has 2 atom stereocenters. The number of hydrogen-bond acceptors (Lipinski definition) is 7. The lowest BCUT2D eigenvalue weighted by atomic mass is 9.85. The van der Waals surface area contributed by atoms with Crippen LogP contribution in [0.15, 0.2) is 67.1 Å². The number of aliphatic hydroxyl groups is 2. The van der Waals surface area contributed by atoms with Crippen LogP contribution in [-0.4, -0.2) is 48.0 Å². The van der Waals surface area contributed by atoms with Gasteiger partial charge in [0.1, 0.15) is 17.5 Å². The van der Waals surface area contributed by atoms with Gasteiger partial charge in [-0.1, -0.05) is 23.7 Å². The van der Waals surface area contributed by atoms with Crippen molar-refractivity contribution in [2.45, 2.75) is 43.2 Å². The van der Waals surface area contributed by atoms with Crippen molar-refractivity contribution in [3.05, 3.63) is 117 Å². The van der Waals surface area contributed by atoms with Crippen LogP contribution in [0.1, 0.15) is 63.6 Å². The molecule has 3 heterocycles. The summed E-state index contributed by atoms with van der Waals surface area (Å²) in [5, 5.41) is 36.0. The minimum atomic E-state index is -1.80. The van der Waals surface area contributed by atoms with Gasteiger partial charge in [0.15, 0.2) is 5.72 Å². The number of amides is 1. The second kappa shape index (κ2) is 10.00. The van der Waals surface area contributed by atoms with E-state index < -0.39 is 28.7 Å². The van der Waals surface area contributed by atoms with Crippen molar-refractivity contribution in [3.63, 3.8) is 0 Å². The van der Waals surface area contributed by atoms with Gasteiger partial charge in [-0.05, 0) is 61.7 Å². The summed E-state index contributed by atoms with van der Waals surface area (Å²) < 4.78 is 24.6. The molecule has 2 N–H and O–H groups in total. The molecule has 2 aromatic heterocycles. The quantitative estimate of drug-likeness (QED) is 0.317. The van der Waals surface area contributed by atoms with Gasteiger partial charge >= 0.3 is 0 Å². The topological polar surface area (TPSA) is 125 Å². The molecule has 4 aromatic rings. The Morgan fingerprint density at radius 3 is 2.50 bits per heavy atom. The monoisotopic (exact) mass is 587 g/mol. The van der Waals surface area contributed by atoms with E-state index in [1.54, 1.807) is 49.6 Å². The van der Waals surface area contributed by atoms with Crippen LogP contribution in [0, 0.1) is 17.1 Å². The Balaban J connectivity index is 1.56. The molecule has 2 aromatic carbocycles. The fraction of sp³-hybridized carbons (Fsp3) is 0.290. The van der Waals surface area contributed by atoms with Crippen LogP contribution in [0.4, 0.5) is 4.39 Å². The molecule has 1 aliphatic heterocycles. The Kier molecular flexibility index (Phi) is 6.66. The lowest BCUT2D eigenvalue weighted by Gasteiger charge is -2.40. The Labute approximate surface area is 246 Å². The first-order chi connectivity index (χ1) is 20.0. The molecule has 214 valence electrons. The lowest BCUT2D eigenvalue weighted by Crippen LogP contribution is -2.48. The molecule has 1 aliphatic carbocycles. The number of rotatable bonds is 8. The number of aromatic nitrogens is 3. The van der Waals surface area contributed by atoms with Crippen LogP contribution >= 0.6 is 11.6 Å². The highest BCUT2D eigenvalue weighted by Crippen LogP contribution is 2.50. The first-order valence-electron chi connectivity index (χ1n) is 13.3. The molecule has 0 spiro atoms. The highest BCUT2D eigenvalue weighted by molar-refractivity contribution is 6.30. The van der Waals surface area contributed by atoms with E-state index in [-0.39, 0.29) is 29.8 Å². The van der Waals surface area contributed by atoms with Crippen LogP contribution in [0.5, 0.6) is 0 Å². The largest absolute Gasteiger partial charge is 0.387 e. The summed E-state index contributed by atoms with van der Waals surface area (Å²) in [5.41, 5.74) is -2.82. The molecule has 0 bridgehead atoms. The number of carbonyl (C=O) groups excluding carboxylic acids is 1. The fourth-order valence-electron chi connectivity index (χ4n) is 5.33. The van der Waals surface area contributed by atoms with Gasteiger partial charge in [-0.3, -0.25) is 19.4 Å². The molecule has 1 fully saturated rings. The summed E-state index contributed by atoms with van der Waals surface area (Å²) in [6.07, 6.45) is 5.51. The number of fused-ring (bicyclic) bond motifs is 1. The Hall–Kier alpha value is -4.14. The lowest BCUT2D eigenvalue weighted by molar-refractivity contribution is -0.139. The summed E-state index contributed by atoms with van der Waals surface area (Å²) in [7, 11) is 1.70. The summed E-state index contributed by atoms with van der Waals surface area (Å²) in [4.78, 5) is 20.0. The number of nitrogens with zero attached hydrogens (tertiary/aromatic N) is 5. The number of benzene rings is 2. The van der Waals surface area contributed by atoms with Crippen molar-refractivity contribution in [3.8, 4) is 6.07 Å². The van der Waals surface area contributed by atoms with Crippen LogP contribution < -0.4 is 0 Å².